The summed E-state index contributed by atoms with van der Waals surface area (Å²) in [7, 11) is -5.97. The average Bonchev–Trinajstić information content (AvgIpc) is 2.81. The average molecular weight is 547 g/mol. The highest BCUT2D eigenvalue weighted by atomic mass is 32.2. The number of allylic oxidation sites excluding steroid dienone is 2. The molecule has 6 nitrogen and oxygen atoms in total. The molecule has 200 valence electrons. The maximum atomic E-state index is 13.2. The zero-order valence-electron chi connectivity index (χ0n) is 20.8. The predicted molar refractivity (Wildman–Crippen MR) is 135 cm³/mol. The van der Waals surface area contributed by atoms with Gasteiger partial charge in [-0.25, -0.2) is 4.79 Å². The Bertz CT molecular complexity index is 1570. The number of hydrogen-bond donors (Lipinski definition) is 0. The molecule has 0 aromatic heterocycles. The smallest absolute Gasteiger partial charge is 0.487 e. The number of halogens is 3. The number of alkyl halides is 3. The van der Waals surface area contributed by atoms with E-state index >= 15 is 0 Å². The highest BCUT2D eigenvalue weighted by molar-refractivity contribution is 7.88. The Labute approximate surface area is 218 Å². The van der Waals surface area contributed by atoms with Crippen molar-refractivity contribution < 1.29 is 40.0 Å². The second-order valence-electron chi connectivity index (χ2n) is 10.2. The van der Waals surface area contributed by atoms with Crippen molar-refractivity contribution in [3.63, 3.8) is 0 Å². The first-order valence-electron chi connectivity index (χ1n) is 12.0. The molecule has 0 unspecified atom stereocenters. The van der Waals surface area contributed by atoms with Gasteiger partial charge < -0.3 is 13.7 Å². The number of benzene rings is 3. The summed E-state index contributed by atoms with van der Waals surface area (Å²) in [4.78, 5) is 13.2. The summed E-state index contributed by atoms with van der Waals surface area (Å²) in [5.41, 5.74) is -4.58. The number of carbonyl (C=O) groups is 1. The van der Waals surface area contributed by atoms with Crippen LogP contribution in [0.2, 0.25) is 0 Å². The van der Waals surface area contributed by atoms with Gasteiger partial charge in [0.05, 0.1) is 5.56 Å². The zero-order valence-corrected chi connectivity index (χ0v) is 21.7. The van der Waals surface area contributed by atoms with E-state index in [1.54, 1.807) is 18.2 Å². The van der Waals surface area contributed by atoms with Gasteiger partial charge in [0.1, 0.15) is 22.8 Å². The molecule has 10 heteroatoms. The fourth-order valence-electron chi connectivity index (χ4n) is 5.26. The van der Waals surface area contributed by atoms with E-state index in [2.05, 4.69) is 4.18 Å². The molecule has 5 rings (SSSR count). The van der Waals surface area contributed by atoms with Crippen LogP contribution in [-0.4, -0.2) is 25.5 Å². The third-order valence-electron chi connectivity index (χ3n) is 7.10. The molecule has 0 bridgehead atoms. The van der Waals surface area contributed by atoms with Crippen molar-refractivity contribution in [2.75, 3.05) is 0 Å². The fraction of sp³-hybridized carbons (Fsp3) is 0.321. The van der Waals surface area contributed by atoms with Gasteiger partial charge in [0.2, 0.25) is 0 Å². The Morgan fingerprint density at radius 2 is 1.76 bits per heavy atom. The van der Waals surface area contributed by atoms with Crippen LogP contribution in [0.15, 0.2) is 66.2 Å². The summed E-state index contributed by atoms with van der Waals surface area (Å²) in [5, 5.41) is 1.71. The van der Waals surface area contributed by atoms with Crippen molar-refractivity contribution >= 4 is 26.9 Å². The lowest BCUT2D eigenvalue weighted by Crippen LogP contribution is -2.45. The molecule has 38 heavy (non-hydrogen) atoms. The van der Waals surface area contributed by atoms with E-state index in [1.807, 2.05) is 51.1 Å². The molecule has 2 aliphatic rings. The molecule has 2 atom stereocenters. The van der Waals surface area contributed by atoms with E-state index < -0.39 is 32.9 Å². The third-order valence-corrected chi connectivity index (χ3v) is 8.08. The van der Waals surface area contributed by atoms with E-state index in [9.17, 15) is 26.4 Å². The molecule has 0 radical (unpaired) electrons. The number of fused-ring (bicyclic) bond motifs is 4. The van der Waals surface area contributed by atoms with Gasteiger partial charge in [-0.15, -0.1) is 0 Å². The van der Waals surface area contributed by atoms with E-state index in [0.29, 0.717) is 5.56 Å². The largest absolute Gasteiger partial charge is 0.534 e. The maximum Gasteiger partial charge on any atom is 0.534 e. The molecule has 0 saturated carbocycles. The van der Waals surface area contributed by atoms with E-state index in [-0.39, 0.29) is 28.9 Å². The minimum absolute atomic E-state index is 0.0116. The van der Waals surface area contributed by atoms with Crippen LogP contribution in [0.5, 0.6) is 17.2 Å². The SMILES string of the molecule is CC1=C[C@H]2c3c(OC(=O)c4ccc5ccccc5c4)cc(OS(=O)(=O)C(F)(F)F)cc3OC(C)(C)[C@@H]2CC1. The molecule has 3 aromatic carbocycles. The third kappa shape index (κ3) is 4.73. The van der Waals surface area contributed by atoms with Gasteiger partial charge in [-0.2, -0.15) is 21.6 Å². The lowest BCUT2D eigenvalue weighted by Gasteiger charge is -2.46. The Kier molecular flexibility index (Phi) is 6.21. The van der Waals surface area contributed by atoms with Crippen LogP contribution in [0.25, 0.3) is 10.8 Å². The lowest BCUT2D eigenvalue weighted by atomic mass is 9.68. The first-order chi connectivity index (χ1) is 17.7. The first-order valence-corrected chi connectivity index (χ1v) is 13.4. The van der Waals surface area contributed by atoms with Crippen LogP contribution in [0.1, 0.15) is 55.5 Å². The number of esters is 1. The summed E-state index contributed by atoms with van der Waals surface area (Å²) in [6.45, 7) is 5.71. The molecule has 0 saturated heterocycles. The first kappa shape index (κ1) is 26.1. The van der Waals surface area contributed by atoms with E-state index in [1.165, 1.54) is 0 Å². The molecule has 0 spiro atoms. The van der Waals surface area contributed by atoms with Crippen molar-refractivity contribution in [3.8, 4) is 17.2 Å². The summed E-state index contributed by atoms with van der Waals surface area (Å²) < 4.78 is 79.0. The van der Waals surface area contributed by atoms with Crippen molar-refractivity contribution in [3.05, 3.63) is 77.4 Å². The van der Waals surface area contributed by atoms with E-state index in [4.69, 9.17) is 9.47 Å². The molecule has 3 aromatic rings. The van der Waals surface area contributed by atoms with Gasteiger partial charge in [-0.1, -0.05) is 42.0 Å². The normalized spacial score (nSPS) is 20.5. The van der Waals surface area contributed by atoms with Crippen LogP contribution >= 0.6 is 0 Å². The van der Waals surface area contributed by atoms with Crippen molar-refractivity contribution in [1.29, 1.82) is 0 Å². The summed E-state index contributed by atoms with van der Waals surface area (Å²) in [5.74, 6) is -1.74. The number of carbonyl (C=O) groups excluding carboxylic acids is 1. The summed E-state index contributed by atoms with van der Waals surface area (Å²) in [6, 6.07) is 14.5. The monoisotopic (exact) mass is 546 g/mol. The molecule has 0 amide bonds. The van der Waals surface area contributed by atoms with Crippen molar-refractivity contribution in [1.82, 2.24) is 0 Å². The number of rotatable bonds is 4. The van der Waals surface area contributed by atoms with Crippen LogP contribution < -0.4 is 13.7 Å². The van der Waals surface area contributed by atoms with Crippen LogP contribution in [0.4, 0.5) is 13.2 Å². The Morgan fingerprint density at radius 1 is 1.05 bits per heavy atom. The zero-order chi connectivity index (χ0) is 27.5. The van der Waals surface area contributed by atoms with Gasteiger partial charge in [0, 0.05) is 29.5 Å². The molecule has 1 aliphatic heterocycles. The molecule has 0 N–H and O–H groups in total. The van der Waals surface area contributed by atoms with Crippen LogP contribution in [0.3, 0.4) is 0 Å². The number of ether oxygens (including phenoxy) is 2. The van der Waals surface area contributed by atoms with Crippen LogP contribution in [0, 0.1) is 5.92 Å². The van der Waals surface area contributed by atoms with Crippen LogP contribution in [-0.2, 0) is 10.1 Å². The predicted octanol–water partition coefficient (Wildman–Crippen LogP) is 6.90. The summed E-state index contributed by atoms with van der Waals surface area (Å²) >= 11 is 0. The van der Waals surface area contributed by atoms with Gasteiger partial charge in [0.25, 0.3) is 0 Å². The molecular weight excluding hydrogens is 521 g/mol. The lowest BCUT2D eigenvalue weighted by molar-refractivity contribution is -0.0500. The minimum atomic E-state index is -5.97. The van der Waals surface area contributed by atoms with Crippen molar-refractivity contribution in [2.24, 2.45) is 5.92 Å². The maximum absolute atomic E-state index is 13.2. The fourth-order valence-corrected chi connectivity index (χ4v) is 5.71. The Hall–Kier alpha value is -3.53. The highest BCUT2D eigenvalue weighted by Crippen LogP contribution is 2.54. The van der Waals surface area contributed by atoms with Crippen molar-refractivity contribution in [2.45, 2.75) is 50.6 Å². The quantitative estimate of drug-likeness (QED) is 0.116. The Morgan fingerprint density at radius 3 is 2.47 bits per heavy atom. The second kappa shape index (κ2) is 9.04. The standard InChI is InChI=1S/C28H25F3O6S/c1-16-8-11-22-21(12-16)25-23(35-26(32)19-10-9-17-6-4-5-7-18(17)13-19)14-20(15-24(25)36-27(22,2)3)37-38(33,34)28(29,30)31/h4-7,9-10,12-15,21-22H,8,11H2,1-3H3/t21-,22-/m1/s1. The van der Waals surface area contributed by atoms with Gasteiger partial charge in [0.15, 0.2) is 0 Å². The van der Waals surface area contributed by atoms with E-state index in [0.717, 1.165) is 41.3 Å². The Balaban J connectivity index is 1.62. The molecular formula is C28H25F3O6S. The van der Waals surface area contributed by atoms with Gasteiger partial charge >= 0.3 is 21.6 Å². The summed E-state index contributed by atoms with van der Waals surface area (Å²) in [6.07, 6.45) is 3.68. The molecule has 1 aliphatic carbocycles. The molecule has 1 heterocycles. The topological polar surface area (TPSA) is 78.9 Å². The van der Waals surface area contributed by atoms with Gasteiger partial charge in [-0.3, -0.25) is 0 Å². The van der Waals surface area contributed by atoms with Gasteiger partial charge in [-0.05, 0) is 56.5 Å². The molecule has 0 fully saturated rings. The number of hydrogen-bond acceptors (Lipinski definition) is 6. The highest BCUT2D eigenvalue weighted by Gasteiger charge is 2.50. The minimum Gasteiger partial charge on any atom is -0.487 e. The second-order valence-corrected chi connectivity index (χ2v) is 11.7.